The topological polar surface area (TPSA) is 62.2 Å². The fourth-order valence-electron chi connectivity index (χ4n) is 0.978. The summed E-state index contributed by atoms with van der Waals surface area (Å²) in [5.74, 6) is 0. The third-order valence-electron chi connectivity index (χ3n) is 1.58. The van der Waals surface area contributed by atoms with Crippen LogP contribution >= 0.6 is 7.37 Å². The van der Waals surface area contributed by atoms with E-state index in [1.54, 1.807) is 19.2 Å². The Balaban J connectivity index is 2.99. The van der Waals surface area contributed by atoms with Gasteiger partial charge < -0.3 is 10.2 Å². The predicted molar refractivity (Wildman–Crippen MR) is 52.4 cm³/mol. The van der Waals surface area contributed by atoms with Gasteiger partial charge in [0.1, 0.15) is 5.44 Å². The van der Waals surface area contributed by atoms with Gasteiger partial charge in [-0.05, 0) is 19.2 Å². The molecule has 1 rings (SSSR count). The maximum atomic E-state index is 11.2. The van der Waals surface area contributed by atoms with Crippen molar-refractivity contribution < 1.29 is 9.46 Å². The first-order valence-corrected chi connectivity index (χ1v) is 6.06. The van der Waals surface area contributed by atoms with Crippen LogP contribution < -0.4 is 10.8 Å². The van der Waals surface area contributed by atoms with Crippen molar-refractivity contribution in [2.75, 3.05) is 13.7 Å². The number of aromatic nitrogens is 1. The summed E-state index contributed by atoms with van der Waals surface area (Å²) < 4.78 is 11.2. The van der Waals surface area contributed by atoms with Gasteiger partial charge in [-0.3, -0.25) is 4.57 Å². The van der Waals surface area contributed by atoms with E-state index in [9.17, 15) is 9.46 Å². The molecule has 1 aromatic rings. The summed E-state index contributed by atoms with van der Waals surface area (Å²) in [7, 11) is -1.40. The summed E-state index contributed by atoms with van der Waals surface area (Å²) in [6.07, 6.45) is 0. The van der Waals surface area contributed by atoms with Gasteiger partial charge in [0, 0.05) is 13.2 Å². The maximum Gasteiger partial charge on any atom is 0.244 e. The first kappa shape index (κ1) is 10.4. The van der Waals surface area contributed by atoms with E-state index < -0.39 is 7.37 Å². The molecular weight excluding hydrogens is 187 g/mol. The van der Waals surface area contributed by atoms with Gasteiger partial charge in [-0.2, -0.15) is 0 Å². The Labute approximate surface area is 77.5 Å². The summed E-state index contributed by atoms with van der Waals surface area (Å²) in [5.41, 5.74) is 1.04. The number of pyridine rings is 1. The van der Waals surface area contributed by atoms with Crippen LogP contribution in [-0.2, 0) is 11.1 Å². The molecule has 0 saturated carbocycles. The molecule has 0 aliphatic carbocycles. The predicted octanol–water partition coefficient (Wildman–Crippen LogP) is 0.326. The lowest BCUT2D eigenvalue weighted by Gasteiger charge is -2.06. The summed E-state index contributed by atoms with van der Waals surface area (Å²) in [6.45, 7) is 1.90. The number of hydrogen-bond acceptors (Lipinski definition) is 3. The first-order chi connectivity index (χ1) is 6.04. The monoisotopic (exact) mass is 200 g/mol. The van der Waals surface area contributed by atoms with Crippen LogP contribution in [-0.4, -0.2) is 23.6 Å². The standard InChI is InChI=1S/C8H13N2O2P/c1-9-6-7-4-3-5-8(10-7)13(2,11)12/h3-5,9H,6H2,1-2H3,(H,11,12). The average molecular weight is 200 g/mol. The average Bonchev–Trinajstić information content (AvgIpc) is 2.04. The smallest absolute Gasteiger partial charge is 0.244 e. The third-order valence-corrected chi connectivity index (χ3v) is 2.67. The normalized spacial score (nSPS) is 15.3. The van der Waals surface area contributed by atoms with Gasteiger partial charge in [0.25, 0.3) is 0 Å². The number of hydrogen-bond donors (Lipinski definition) is 2. The second-order valence-corrected chi connectivity index (χ2v) is 5.11. The number of nitrogens with zero attached hydrogens (tertiary/aromatic N) is 1. The van der Waals surface area contributed by atoms with E-state index >= 15 is 0 Å². The molecule has 0 bridgehead atoms. The van der Waals surface area contributed by atoms with Crippen molar-refractivity contribution in [3.05, 3.63) is 23.9 Å². The molecule has 1 atom stereocenters. The van der Waals surface area contributed by atoms with Gasteiger partial charge in [0.05, 0.1) is 5.69 Å². The molecule has 0 aliphatic rings. The number of nitrogens with one attached hydrogen (secondary N) is 1. The summed E-state index contributed by atoms with van der Waals surface area (Å²) in [5, 5.41) is 2.93. The summed E-state index contributed by atoms with van der Waals surface area (Å²) in [6, 6.07) is 5.12. The van der Waals surface area contributed by atoms with E-state index in [0.29, 0.717) is 6.54 Å². The number of rotatable bonds is 3. The zero-order valence-electron chi connectivity index (χ0n) is 7.69. The molecule has 4 nitrogen and oxygen atoms in total. The van der Waals surface area contributed by atoms with Crippen LogP contribution in [0.4, 0.5) is 0 Å². The fraction of sp³-hybridized carbons (Fsp3) is 0.375. The van der Waals surface area contributed by atoms with Gasteiger partial charge in [-0.25, -0.2) is 4.98 Å². The minimum Gasteiger partial charge on any atom is -0.340 e. The molecule has 1 heterocycles. The Morgan fingerprint density at radius 3 is 2.85 bits per heavy atom. The largest absolute Gasteiger partial charge is 0.340 e. The molecule has 72 valence electrons. The third kappa shape index (κ3) is 2.92. The van der Waals surface area contributed by atoms with Crippen LogP contribution in [0.3, 0.4) is 0 Å². The van der Waals surface area contributed by atoms with Gasteiger partial charge >= 0.3 is 0 Å². The fourth-order valence-corrected chi connectivity index (χ4v) is 1.65. The highest BCUT2D eigenvalue weighted by Crippen LogP contribution is 2.32. The second-order valence-electron chi connectivity index (χ2n) is 2.90. The van der Waals surface area contributed by atoms with Crippen molar-refractivity contribution in [2.24, 2.45) is 0 Å². The van der Waals surface area contributed by atoms with E-state index in [4.69, 9.17) is 0 Å². The molecule has 0 radical (unpaired) electrons. The van der Waals surface area contributed by atoms with Gasteiger partial charge in [-0.15, -0.1) is 0 Å². The zero-order valence-corrected chi connectivity index (χ0v) is 8.58. The van der Waals surface area contributed by atoms with Crippen LogP contribution in [0.25, 0.3) is 0 Å². The maximum absolute atomic E-state index is 11.2. The first-order valence-electron chi connectivity index (χ1n) is 3.95. The molecular formula is C8H13N2O2P. The van der Waals surface area contributed by atoms with Crippen LogP contribution in [0.2, 0.25) is 0 Å². The van der Waals surface area contributed by atoms with Crippen LogP contribution in [0.15, 0.2) is 18.2 Å². The van der Waals surface area contributed by atoms with Crippen molar-refractivity contribution in [3.63, 3.8) is 0 Å². The lowest BCUT2D eigenvalue weighted by molar-refractivity contribution is 0.495. The molecule has 0 fully saturated rings. The van der Waals surface area contributed by atoms with Crippen molar-refractivity contribution in [2.45, 2.75) is 6.54 Å². The van der Waals surface area contributed by atoms with Gasteiger partial charge in [0.2, 0.25) is 7.37 Å². The second kappa shape index (κ2) is 4.01. The molecule has 5 heteroatoms. The Morgan fingerprint density at radius 2 is 2.31 bits per heavy atom. The summed E-state index contributed by atoms with van der Waals surface area (Å²) in [4.78, 5) is 13.3. The molecule has 13 heavy (non-hydrogen) atoms. The molecule has 2 N–H and O–H groups in total. The van der Waals surface area contributed by atoms with Crippen molar-refractivity contribution in [1.29, 1.82) is 0 Å². The van der Waals surface area contributed by atoms with E-state index in [-0.39, 0.29) is 5.44 Å². The summed E-state index contributed by atoms with van der Waals surface area (Å²) >= 11 is 0. The van der Waals surface area contributed by atoms with Crippen molar-refractivity contribution in [1.82, 2.24) is 10.3 Å². The van der Waals surface area contributed by atoms with E-state index in [1.165, 1.54) is 6.66 Å². The van der Waals surface area contributed by atoms with Crippen LogP contribution in [0, 0.1) is 0 Å². The molecule has 0 amide bonds. The molecule has 0 aliphatic heterocycles. The Kier molecular flexibility index (Phi) is 3.20. The lowest BCUT2D eigenvalue weighted by Crippen LogP contribution is -2.14. The molecule has 0 saturated heterocycles. The molecule has 1 aromatic heterocycles. The Morgan fingerprint density at radius 1 is 1.62 bits per heavy atom. The van der Waals surface area contributed by atoms with E-state index in [1.807, 2.05) is 6.07 Å². The lowest BCUT2D eigenvalue weighted by atomic mass is 10.3. The highest BCUT2D eigenvalue weighted by atomic mass is 31.2. The molecule has 0 spiro atoms. The van der Waals surface area contributed by atoms with Crippen LogP contribution in [0.1, 0.15) is 5.69 Å². The minimum atomic E-state index is -3.21. The quantitative estimate of drug-likeness (QED) is 0.690. The van der Waals surface area contributed by atoms with Crippen molar-refractivity contribution in [3.8, 4) is 0 Å². The van der Waals surface area contributed by atoms with Gasteiger partial charge in [-0.1, -0.05) is 6.07 Å². The zero-order chi connectivity index (χ0) is 9.90. The molecule has 0 aromatic carbocycles. The van der Waals surface area contributed by atoms with Crippen LogP contribution in [0.5, 0.6) is 0 Å². The molecule has 1 unspecified atom stereocenters. The van der Waals surface area contributed by atoms with Crippen molar-refractivity contribution >= 4 is 12.8 Å². The SMILES string of the molecule is CNCc1cccc(P(C)(=O)O)n1. The Hall–Kier alpha value is -0.700. The highest BCUT2D eigenvalue weighted by Gasteiger charge is 2.15. The highest BCUT2D eigenvalue weighted by molar-refractivity contribution is 7.65. The van der Waals surface area contributed by atoms with Gasteiger partial charge in [0.15, 0.2) is 0 Å². The van der Waals surface area contributed by atoms with E-state index in [2.05, 4.69) is 10.3 Å². The Bertz CT molecular complexity index is 335. The van der Waals surface area contributed by atoms with E-state index in [0.717, 1.165) is 5.69 Å². The minimum absolute atomic E-state index is 0.264.